The number of nitrogens with one attached hydrogen (secondary N) is 1. The first-order valence-electron chi connectivity index (χ1n) is 9.40. The minimum Gasteiger partial charge on any atom is -0.486 e. The first-order chi connectivity index (χ1) is 15.2. The van der Waals surface area contributed by atoms with Crippen LogP contribution in [-0.4, -0.2) is 39.6 Å². The maximum Gasteiger partial charge on any atom is 0.374 e. The van der Waals surface area contributed by atoms with Crippen LogP contribution in [0.15, 0.2) is 52.9 Å². The summed E-state index contributed by atoms with van der Waals surface area (Å²) in [6, 6.07) is 11.7. The number of benzene rings is 1. The Hall–Kier alpha value is -3.02. The van der Waals surface area contributed by atoms with E-state index in [1.165, 1.54) is 47.7 Å². The number of carbonyl (C=O) groups excluding carboxylic acids is 2. The first kappa shape index (κ1) is 23.6. The van der Waals surface area contributed by atoms with Gasteiger partial charge < -0.3 is 13.9 Å². The van der Waals surface area contributed by atoms with Crippen molar-refractivity contribution in [3.8, 4) is 5.75 Å². The molecule has 1 N–H and O–H groups in total. The molecule has 0 bridgehead atoms. The molecule has 0 saturated heterocycles. The number of thiophene rings is 1. The summed E-state index contributed by atoms with van der Waals surface area (Å²) >= 11 is 1.21. The van der Waals surface area contributed by atoms with E-state index in [2.05, 4.69) is 4.72 Å². The van der Waals surface area contributed by atoms with E-state index in [1.54, 1.807) is 12.1 Å². The molecule has 0 spiro atoms. The van der Waals surface area contributed by atoms with Gasteiger partial charge in [-0.1, -0.05) is 0 Å². The molecular weight excluding hydrogens is 461 g/mol. The van der Waals surface area contributed by atoms with Gasteiger partial charge in [0.05, 0.1) is 11.1 Å². The van der Waals surface area contributed by atoms with Gasteiger partial charge in [-0.05, 0) is 55.0 Å². The molecule has 170 valence electrons. The normalized spacial score (nSPS) is 11.3. The van der Waals surface area contributed by atoms with Gasteiger partial charge in [0.1, 0.15) is 23.9 Å². The lowest BCUT2D eigenvalue weighted by atomic mass is 10.3. The van der Waals surface area contributed by atoms with Crippen molar-refractivity contribution >= 4 is 33.1 Å². The van der Waals surface area contributed by atoms with E-state index in [4.69, 9.17) is 13.9 Å². The molecule has 3 aromatic rings. The predicted molar refractivity (Wildman–Crippen MR) is 115 cm³/mol. The van der Waals surface area contributed by atoms with Gasteiger partial charge in [-0.15, -0.1) is 11.3 Å². The molecule has 0 aliphatic rings. The second kappa shape index (κ2) is 10.5. The largest absolute Gasteiger partial charge is 0.486 e. The zero-order valence-electron chi connectivity index (χ0n) is 17.0. The fraction of sp³-hybridized carbons (Fsp3) is 0.238. The summed E-state index contributed by atoms with van der Waals surface area (Å²) in [4.78, 5) is 25.6. The third-order valence-electron chi connectivity index (χ3n) is 4.06. The number of furan rings is 1. The van der Waals surface area contributed by atoms with Gasteiger partial charge in [-0.25, -0.2) is 22.3 Å². The molecule has 8 nitrogen and oxygen atoms in total. The minimum absolute atomic E-state index is 0.0318. The molecule has 0 aliphatic heterocycles. The zero-order chi connectivity index (χ0) is 23.1. The number of halogens is 1. The van der Waals surface area contributed by atoms with Gasteiger partial charge in [-0.2, -0.15) is 0 Å². The van der Waals surface area contributed by atoms with Crippen LogP contribution in [0.4, 0.5) is 4.39 Å². The van der Waals surface area contributed by atoms with Crippen LogP contribution in [0.3, 0.4) is 0 Å². The molecule has 2 heterocycles. The van der Waals surface area contributed by atoms with Gasteiger partial charge in [0.15, 0.2) is 6.61 Å². The quantitative estimate of drug-likeness (QED) is 0.331. The number of sulfonamides is 1. The van der Waals surface area contributed by atoms with Crippen LogP contribution in [0.5, 0.6) is 5.75 Å². The van der Waals surface area contributed by atoms with E-state index in [0.717, 1.165) is 11.1 Å². The van der Waals surface area contributed by atoms with Gasteiger partial charge in [-0.3, -0.25) is 4.79 Å². The van der Waals surface area contributed by atoms with Crippen molar-refractivity contribution < 1.29 is 36.3 Å². The lowest BCUT2D eigenvalue weighted by Crippen LogP contribution is -2.24. The first-order valence-corrected chi connectivity index (χ1v) is 12.1. The van der Waals surface area contributed by atoms with Crippen LogP contribution in [0.2, 0.25) is 0 Å². The summed E-state index contributed by atoms with van der Waals surface area (Å²) in [5.41, 5.74) is 0. The molecule has 0 radical (unpaired) electrons. The van der Waals surface area contributed by atoms with Crippen molar-refractivity contribution in [3.05, 3.63) is 75.6 Å². The van der Waals surface area contributed by atoms with Crippen LogP contribution in [0, 0.1) is 5.82 Å². The minimum atomic E-state index is -3.27. The maximum absolute atomic E-state index is 12.9. The smallest absolute Gasteiger partial charge is 0.374 e. The predicted octanol–water partition coefficient (Wildman–Crippen LogP) is 3.19. The van der Waals surface area contributed by atoms with Gasteiger partial charge in [0.25, 0.3) is 0 Å². The Kier molecular flexibility index (Phi) is 7.78. The number of ether oxygens (including phenoxy) is 2. The average molecular weight is 482 g/mol. The molecule has 0 fully saturated rings. The van der Waals surface area contributed by atoms with E-state index in [1.807, 2.05) is 0 Å². The van der Waals surface area contributed by atoms with Crippen LogP contribution in [0.1, 0.15) is 30.9 Å². The van der Waals surface area contributed by atoms with Crippen molar-refractivity contribution in [3.63, 3.8) is 0 Å². The van der Waals surface area contributed by atoms with E-state index in [-0.39, 0.29) is 30.5 Å². The monoisotopic (exact) mass is 481 g/mol. The number of carbonyl (C=O) groups is 2. The topological polar surface area (TPSA) is 112 Å². The van der Waals surface area contributed by atoms with Crippen LogP contribution >= 0.6 is 11.3 Å². The summed E-state index contributed by atoms with van der Waals surface area (Å²) in [7, 11) is -3.27. The lowest BCUT2D eigenvalue weighted by molar-refractivity contribution is 0.0441. The van der Waals surface area contributed by atoms with Crippen molar-refractivity contribution in [1.29, 1.82) is 0 Å². The molecular formula is C21H20FNO7S2. The highest BCUT2D eigenvalue weighted by molar-refractivity contribution is 7.88. The molecule has 2 aromatic heterocycles. The number of Topliss-reactive ketones (excluding diaryl/α,β-unsaturated/α-hetero) is 1. The fourth-order valence-corrected chi connectivity index (χ4v) is 3.95. The number of hydrogen-bond donors (Lipinski definition) is 1. The summed E-state index contributed by atoms with van der Waals surface area (Å²) in [6.45, 7) is -0.194. The standard InChI is InChI=1S/C21H20FNO7S2/c1-32(26,27)23-11-10-17-7-9-20(31-17)18(24)13-29-21(25)19-8-6-16(30-19)12-28-15-4-2-14(22)3-5-15/h2-9,23H,10-13H2,1H3. The van der Waals surface area contributed by atoms with Gasteiger partial charge >= 0.3 is 5.97 Å². The second-order valence-corrected chi connectivity index (χ2v) is 9.69. The zero-order valence-corrected chi connectivity index (χ0v) is 18.6. The Bertz CT molecular complexity index is 1180. The number of rotatable bonds is 11. The Morgan fingerprint density at radius 2 is 1.84 bits per heavy atom. The fourth-order valence-electron chi connectivity index (χ4n) is 2.55. The maximum atomic E-state index is 12.9. The highest BCUT2D eigenvalue weighted by Gasteiger charge is 2.17. The highest BCUT2D eigenvalue weighted by atomic mass is 32.2. The van der Waals surface area contributed by atoms with E-state index >= 15 is 0 Å². The van der Waals surface area contributed by atoms with Gasteiger partial charge in [0.2, 0.25) is 21.6 Å². The highest BCUT2D eigenvalue weighted by Crippen LogP contribution is 2.19. The summed E-state index contributed by atoms with van der Waals surface area (Å²) in [5.74, 6) is -0.817. The molecule has 32 heavy (non-hydrogen) atoms. The van der Waals surface area contributed by atoms with Crippen LogP contribution < -0.4 is 9.46 Å². The van der Waals surface area contributed by atoms with Crippen molar-refractivity contribution in [2.75, 3.05) is 19.4 Å². The Morgan fingerprint density at radius 3 is 2.56 bits per heavy atom. The number of ketones is 1. The molecule has 0 unspecified atom stereocenters. The molecule has 11 heteroatoms. The summed E-state index contributed by atoms with van der Waals surface area (Å²) in [6.07, 6.45) is 1.52. The summed E-state index contributed by atoms with van der Waals surface area (Å²) in [5, 5.41) is 0. The van der Waals surface area contributed by atoms with E-state index < -0.39 is 22.6 Å². The van der Waals surface area contributed by atoms with Crippen molar-refractivity contribution in [2.45, 2.75) is 13.0 Å². The number of hydrogen-bond acceptors (Lipinski definition) is 8. The van der Waals surface area contributed by atoms with Crippen LogP contribution in [0.25, 0.3) is 0 Å². The van der Waals surface area contributed by atoms with Crippen LogP contribution in [-0.2, 0) is 27.8 Å². The molecule has 3 rings (SSSR count). The molecule has 1 aromatic carbocycles. The second-order valence-electron chi connectivity index (χ2n) is 6.69. The third kappa shape index (κ3) is 7.29. The SMILES string of the molecule is CS(=O)(=O)NCCc1ccc(C(=O)COC(=O)c2ccc(COc3ccc(F)cc3)o2)s1. The Morgan fingerprint density at radius 1 is 1.09 bits per heavy atom. The molecule has 0 amide bonds. The summed E-state index contributed by atoms with van der Waals surface area (Å²) < 4.78 is 53.3. The van der Waals surface area contributed by atoms with Crippen molar-refractivity contribution in [2.24, 2.45) is 0 Å². The van der Waals surface area contributed by atoms with E-state index in [9.17, 15) is 22.4 Å². The Balaban J connectivity index is 1.45. The third-order valence-corrected chi connectivity index (χ3v) is 5.98. The van der Waals surface area contributed by atoms with E-state index in [0.29, 0.717) is 22.8 Å². The molecule has 0 saturated carbocycles. The molecule has 0 aliphatic carbocycles. The lowest BCUT2D eigenvalue weighted by Gasteiger charge is -2.04. The molecule has 0 atom stereocenters. The van der Waals surface area contributed by atoms with Gasteiger partial charge in [0, 0.05) is 11.4 Å². The average Bonchev–Trinajstić information content (AvgIpc) is 3.40. The Labute approximate surface area is 188 Å². The number of esters is 1. The van der Waals surface area contributed by atoms with Crippen molar-refractivity contribution in [1.82, 2.24) is 4.72 Å².